The Labute approximate surface area is 106 Å². The fourth-order valence-corrected chi connectivity index (χ4v) is 2.29. The molecule has 0 unspecified atom stereocenters. The maximum absolute atomic E-state index is 11.9. The Morgan fingerprint density at radius 1 is 1.50 bits per heavy atom. The second kappa shape index (κ2) is 5.93. The average molecular weight is 250 g/mol. The Morgan fingerprint density at radius 3 is 3.00 bits per heavy atom. The number of aromatic nitrogens is 1. The van der Waals surface area contributed by atoms with Crippen molar-refractivity contribution in [2.45, 2.75) is 37.5 Å². The molecule has 1 aromatic rings. The molecular formula is C13H18N2O3. The average Bonchev–Trinajstić information content (AvgIpc) is 2.42. The molecule has 0 saturated heterocycles. The molecule has 0 spiro atoms. The van der Waals surface area contributed by atoms with Crippen LogP contribution < -0.4 is 5.32 Å². The smallest absolute Gasteiger partial charge is 0.270 e. The maximum atomic E-state index is 11.9. The van der Waals surface area contributed by atoms with Gasteiger partial charge in [-0.05, 0) is 31.4 Å². The summed E-state index contributed by atoms with van der Waals surface area (Å²) in [6.07, 6.45) is 3.24. The molecule has 0 aliphatic heterocycles. The van der Waals surface area contributed by atoms with Gasteiger partial charge in [0, 0.05) is 13.3 Å². The van der Waals surface area contributed by atoms with Crippen molar-refractivity contribution < 1.29 is 14.6 Å². The Morgan fingerprint density at radius 2 is 2.33 bits per heavy atom. The van der Waals surface area contributed by atoms with E-state index in [9.17, 15) is 9.90 Å². The van der Waals surface area contributed by atoms with Gasteiger partial charge in [-0.2, -0.15) is 0 Å². The van der Waals surface area contributed by atoms with Crippen molar-refractivity contribution in [2.24, 2.45) is 0 Å². The zero-order valence-electron chi connectivity index (χ0n) is 10.4. The molecule has 18 heavy (non-hydrogen) atoms. The number of ether oxygens (including phenoxy) is 1. The SMILES string of the molecule is CO[C@@H]1CCC[C@@H](NC(=O)c2ccccn2)[C@H]1O. The summed E-state index contributed by atoms with van der Waals surface area (Å²) in [5.74, 6) is -0.253. The van der Waals surface area contributed by atoms with E-state index in [-0.39, 0.29) is 18.1 Å². The highest BCUT2D eigenvalue weighted by atomic mass is 16.5. The van der Waals surface area contributed by atoms with Crippen LogP contribution in [-0.4, -0.2) is 41.4 Å². The van der Waals surface area contributed by atoms with Gasteiger partial charge in [-0.3, -0.25) is 9.78 Å². The number of amides is 1. The van der Waals surface area contributed by atoms with Crippen LogP contribution in [0.2, 0.25) is 0 Å². The highest BCUT2D eigenvalue weighted by Gasteiger charge is 2.32. The van der Waals surface area contributed by atoms with Crippen molar-refractivity contribution in [1.29, 1.82) is 0 Å². The number of nitrogens with one attached hydrogen (secondary N) is 1. The number of aliphatic hydroxyl groups is 1. The minimum absolute atomic E-state index is 0.201. The monoisotopic (exact) mass is 250 g/mol. The van der Waals surface area contributed by atoms with Gasteiger partial charge >= 0.3 is 0 Å². The minimum atomic E-state index is -0.656. The zero-order chi connectivity index (χ0) is 13.0. The Hall–Kier alpha value is -1.46. The first-order chi connectivity index (χ1) is 8.72. The molecule has 5 heteroatoms. The number of carbonyl (C=O) groups excluding carboxylic acids is 1. The molecule has 1 amide bonds. The molecule has 3 atom stereocenters. The number of rotatable bonds is 3. The summed E-state index contributed by atoms with van der Waals surface area (Å²) in [6, 6.07) is 4.90. The number of nitrogens with zero attached hydrogens (tertiary/aromatic N) is 1. The van der Waals surface area contributed by atoms with Crippen LogP contribution in [0.15, 0.2) is 24.4 Å². The third-order valence-electron chi connectivity index (χ3n) is 3.31. The second-order valence-corrected chi connectivity index (χ2v) is 4.49. The van der Waals surface area contributed by atoms with Gasteiger partial charge < -0.3 is 15.2 Å². The lowest BCUT2D eigenvalue weighted by molar-refractivity contribution is -0.0513. The van der Waals surface area contributed by atoms with E-state index in [0.717, 1.165) is 19.3 Å². The number of methoxy groups -OCH3 is 1. The predicted octanol–water partition coefficient (Wildman–Crippen LogP) is 0.740. The van der Waals surface area contributed by atoms with E-state index in [0.29, 0.717) is 5.69 Å². The second-order valence-electron chi connectivity index (χ2n) is 4.49. The summed E-state index contributed by atoms with van der Waals surface area (Å²) in [5, 5.41) is 12.9. The maximum Gasteiger partial charge on any atom is 0.270 e. The number of hydrogen-bond donors (Lipinski definition) is 2. The van der Waals surface area contributed by atoms with Gasteiger partial charge in [0.25, 0.3) is 5.91 Å². The molecule has 0 radical (unpaired) electrons. The molecule has 1 heterocycles. The van der Waals surface area contributed by atoms with Gasteiger partial charge in [-0.15, -0.1) is 0 Å². The summed E-state index contributed by atoms with van der Waals surface area (Å²) in [6.45, 7) is 0. The largest absolute Gasteiger partial charge is 0.388 e. The minimum Gasteiger partial charge on any atom is -0.388 e. The molecule has 1 saturated carbocycles. The van der Waals surface area contributed by atoms with E-state index in [1.54, 1.807) is 31.5 Å². The fraction of sp³-hybridized carbons (Fsp3) is 0.538. The van der Waals surface area contributed by atoms with E-state index in [4.69, 9.17) is 4.74 Å². The number of hydrogen-bond acceptors (Lipinski definition) is 4. The van der Waals surface area contributed by atoms with Gasteiger partial charge in [0.15, 0.2) is 0 Å². The quantitative estimate of drug-likeness (QED) is 0.830. The molecule has 5 nitrogen and oxygen atoms in total. The van der Waals surface area contributed by atoms with E-state index in [1.165, 1.54) is 0 Å². The molecule has 1 aliphatic rings. The number of aliphatic hydroxyl groups excluding tert-OH is 1. The van der Waals surface area contributed by atoms with Crippen molar-refractivity contribution in [3.63, 3.8) is 0 Å². The van der Waals surface area contributed by atoms with E-state index in [1.807, 2.05) is 0 Å². The van der Waals surface area contributed by atoms with Gasteiger partial charge in [-0.1, -0.05) is 6.07 Å². The Kier molecular flexibility index (Phi) is 4.28. The van der Waals surface area contributed by atoms with Crippen molar-refractivity contribution in [3.8, 4) is 0 Å². The summed E-state index contributed by atoms with van der Waals surface area (Å²) in [5.41, 5.74) is 0.365. The lowest BCUT2D eigenvalue weighted by atomic mass is 9.90. The van der Waals surface area contributed by atoms with Crippen LogP contribution in [0.25, 0.3) is 0 Å². The summed E-state index contributed by atoms with van der Waals surface area (Å²) < 4.78 is 5.20. The molecule has 1 aromatic heterocycles. The van der Waals surface area contributed by atoms with Crippen LogP contribution in [0.5, 0.6) is 0 Å². The standard InChI is InChI=1S/C13H18N2O3/c1-18-11-7-4-6-9(12(11)16)15-13(17)10-5-2-3-8-14-10/h2-3,5,8-9,11-12,16H,4,6-7H2,1H3,(H,15,17)/t9-,11-,12-/m1/s1. The van der Waals surface area contributed by atoms with E-state index < -0.39 is 6.10 Å². The molecular weight excluding hydrogens is 232 g/mol. The summed E-state index contributed by atoms with van der Waals surface area (Å²) in [4.78, 5) is 15.9. The molecule has 1 fully saturated rings. The predicted molar refractivity (Wildman–Crippen MR) is 66.1 cm³/mol. The first kappa shape index (κ1) is 13.0. The lowest BCUT2D eigenvalue weighted by Gasteiger charge is -2.34. The van der Waals surface area contributed by atoms with Gasteiger partial charge in [0.1, 0.15) is 11.8 Å². The lowest BCUT2D eigenvalue weighted by Crippen LogP contribution is -2.51. The summed E-state index contributed by atoms with van der Waals surface area (Å²) >= 11 is 0. The van der Waals surface area contributed by atoms with Crippen LogP contribution in [0, 0.1) is 0 Å². The van der Waals surface area contributed by atoms with Crippen LogP contribution >= 0.6 is 0 Å². The number of carbonyl (C=O) groups is 1. The molecule has 98 valence electrons. The molecule has 1 aliphatic carbocycles. The Bertz CT molecular complexity index is 396. The first-order valence-corrected chi connectivity index (χ1v) is 6.15. The van der Waals surface area contributed by atoms with Gasteiger partial charge in [0.2, 0.25) is 0 Å². The third-order valence-corrected chi connectivity index (χ3v) is 3.31. The normalized spacial score (nSPS) is 27.8. The highest BCUT2D eigenvalue weighted by molar-refractivity contribution is 5.92. The molecule has 2 rings (SSSR count). The molecule has 0 bridgehead atoms. The van der Waals surface area contributed by atoms with Crippen molar-refractivity contribution >= 4 is 5.91 Å². The first-order valence-electron chi connectivity index (χ1n) is 6.15. The summed E-state index contributed by atoms with van der Waals surface area (Å²) in [7, 11) is 1.58. The third kappa shape index (κ3) is 2.86. The van der Waals surface area contributed by atoms with E-state index in [2.05, 4.69) is 10.3 Å². The number of pyridine rings is 1. The van der Waals surface area contributed by atoms with Gasteiger partial charge in [-0.25, -0.2) is 0 Å². The van der Waals surface area contributed by atoms with Crippen molar-refractivity contribution in [1.82, 2.24) is 10.3 Å². The van der Waals surface area contributed by atoms with Crippen molar-refractivity contribution in [3.05, 3.63) is 30.1 Å². The molecule has 0 aromatic carbocycles. The topological polar surface area (TPSA) is 71.5 Å². The van der Waals surface area contributed by atoms with Crippen LogP contribution in [0.1, 0.15) is 29.8 Å². The molecule has 2 N–H and O–H groups in total. The van der Waals surface area contributed by atoms with Crippen LogP contribution in [0.3, 0.4) is 0 Å². The van der Waals surface area contributed by atoms with E-state index >= 15 is 0 Å². The highest BCUT2D eigenvalue weighted by Crippen LogP contribution is 2.21. The van der Waals surface area contributed by atoms with Gasteiger partial charge in [0.05, 0.1) is 12.1 Å². The van der Waals surface area contributed by atoms with Crippen LogP contribution in [-0.2, 0) is 4.74 Å². The zero-order valence-corrected chi connectivity index (χ0v) is 10.4. The fourth-order valence-electron chi connectivity index (χ4n) is 2.29. The Balaban J connectivity index is 1.99. The van der Waals surface area contributed by atoms with Crippen molar-refractivity contribution in [2.75, 3.05) is 7.11 Å². The van der Waals surface area contributed by atoms with Crippen LogP contribution in [0.4, 0.5) is 0 Å².